The zero-order valence-electron chi connectivity index (χ0n) is 19.8. The molecule has 2 aromatic rings. The molecule has 0 amide bonds. The van der Waals surface area contributed by atoms with Crippen LogP contribution in [0.2, 0.25) is 0 Å². The van der Waals surface area contributed by atoms with Crippen LogP contribution in [0.15, 0.2) is 57.5 Å². The van der Waals surface area contributed by atoms with E-state index in [1.807, 2.05) is 17.9 Å². The fraction of sp³-hybridized carbons (Fsp3) is 0.462. The quantitative estimate of drug-likeness (QED) is 0.722. The number of nitrogens with one attached hydrogen (secondary N) is 1. The number of aromatic nitrogens is 2. The van der Waals surface area contributed by atoms with Gasteiger partial charge in [0.2, 0.25) is 0 Å². The zero-order chi connectivity index (χ0) is 22.8. The summed E-state index contributed by atoms with van der Waals surface area (Å²) in [6.07, 6.45) is 3.84. The Morgan fingerprint density at radius 1 is 1.22 bits per heavy atom. The first kappa shape index (κ1) is 20.9. The highest BCUT2D eigenvalue weighted by molar-refractivity contribution is 6.01. The van der Waals surface area contributed by atoms with Crippen LogP contribution in [0.3, 0.4) is 0 Å². The number of Topliss-reactive ketones (excluding diaryl/α,β-unsaturated/α-hetero) is 1. The number of fused-ring (bicyclic) bond motifs is 1. The predicted octanol–water partition coefficient (Wildman–Crippen LogP) is 5.27. The van der Waals surface area contributed by atoms with Crippen LogP contribution in [0.5, 0.6) is 0 Å². The Morgan fingerprint density at radius 2 is 2.00 bits per heavy atom. The molecule has 166 valence electrons. The summed E-state index contributed by atoms with van der Waals surface area (Å²) in [7, 11) is 1.98. The van der Waals surface area contributed by atoms with Crippen molar-refractivity contribution in [1.29, 1.82) is 0 Å². The molecule has 3 aliphatic rings. The molecule has 3 heterocycles. The second-order valence-electron chi connectivity index (χ2n) is 10.2. The van der Waals surface area contributed by atoms with Crippen molar-refractivity contribution in [3.05, 3.63) is 64.3 Å². The van der Waals surface area contributed by atoms with Crippen molar-refractivity contribution < 1.29 is 4.79 Å². The van der Waals surface area contributed by atoms with E-state index in [0.717, 1.165) is 57.8 Å². The molecule has 0 saturated heterocycles. The molecule has 2 atom stereocenters. The molecule has 6 nitrogen and oxygen atoms in total. The second-order valence-corrected chi connectivity index (χ2v) is 10.2. The van der Waals surface area contributed by atoms with Gasteiger partial charge in [0, 0.05) is 41.6 Å². The molecule has 2 unspecified atom stereocenters. The highest BCUT2D eigenvalue weighted by Crippen LogP contribution is 2.54. The first-order chi connectivity index (χ1) is 15.2. The maximum absolute atomic E-state index is 13.6. The molecule has 1 N–H and O–H groups in total. The van der Waals surface area contributed by atoms with Gasteiger partial charge in [-0.15, -0.1) is 0 Å². The van der Waals surface area contributed by atoms with Crippen molar-refractivity contribution in [1.82, 2.24) is 15.1 Å². The van der Waals surface area contributed by atoms with Gasteiger partial charge in [-0.1, -0.05) is 39.0 Å². The van der Waals surface area contributed by atoms with E-state index in [2.05, 4.69) is 79.5 Å². The third kappa shape index (κ3) is 2.85. The molecule has 1 aromatic carbocycles. The molecule has 6 heteroatoms. The molecule has 0 bridgehead atoms. The second kappa shape index (κ2) is 6.99. The van der Waals surface area contributed by atoms with Crippen LogP contribution < -0.4 is 5.32 Å². The summed E-state index contributed by atoms with van der Waals surface area (Å²) >= 11 is 0. The van der Waals surface area contributed by atoms with Gasteiger partial charge in [0.25, 0.3) is 0 Å². The van der Waals surface area contributed by atoms with Crippen LogP contribution in [0, 0.1) is 19.3 Å². The summed E-state index contributed by atoms with van der Waals surface area (Å²) in [6, 6.07) is 8.65. The Morgan fingerprint density at radius 3 is 2.69 bits per heavy atom. The van der Waals surface area contributed by atoms with E-state index in [9.17, 15) is 4.79 Å². The minimum atomic E-state index is -0.525. The summed E-state index contributed by atoms with van der Waals surface area (Å²) in [4.78, 5) is 13.6. The number of allylic oxidation sites excluding steroid dienone is 2. The molecule has 0 spiro atoms. The summed E-state index contributed by atoms with van der Waals surface area (Å²) in [5.74, 6) is 0.232. The third-order valence-corrected chi connectivity index (χ3v) is 7.46. The van der Waals surface area contributed by atoms with Crippen LogP contribution in [0.4, 0.5) is 0 Å². The van der Waals surface area contributed by atoms with E-state index in [4.69, 9.17) is 0 Å². The van der Waals surface area contributed by atoms with Gasteiger partial charge in [-0.2, -0.15) is 15.3 Å². The number of azo groups is 1. The van der Waals surface area contributed by atoms with Crippen LogP contribution in [-0.4, -0.2) is 21.7 Å². The number of aryl methyl sites for hydroxylation is 2. The number of nitrogens with zero attached hydrogens (tertiary/aromatic N) is 4. The SMILES string of the molecule is CCC1(c2cccc(-c3c(C)nn(C)c3C)c2)C2=CN=NC2NC2=C1C(=O)CC(C)(C)C2. The number of carbonyl (C=O) groups is 1. The summed E-state index contributed by atoms with van der Waals surface area (Å²) in [6.45, 7) is 10.7. The van der Waals surface area contributed by atoms with Crippen LogP contribution in [0.1, 0.15) is 57.0 Å². The number of benzene rings is 1. The maximum Gasteiger partial charge on any atom is 0.164 e. The standard InChI is InChI=1S/C26H31N5O/c1-7-26(18-10-8-9-17(11-18)22-15(2)30-31(6)16(22)3)19-14-27-29-24(19)28-20-12-25(4,5)13-21(32)23(20)26/h8-11,14,24,28H,7,12-13H2,1-6H3. The van der Waals surface area contributed by atoms with Crippen LogP contribution in [0.25, 0.3) is 11.1 Å². The molecule has 1 aliphatic carbocycles. The lowest BCUT2D eigenvalue weighted by Gasteiger charge is -2.47. The van der Waals surface area contributed by atoms with Gasteiger partial charge >= 0.3 is 0 Å². The van der Waals surface area contributed by atoms with E-state index in [1.54, 1.807) is 0 Å². The Hall–Kier alpha value is -3.02. The average molecular weight is 430 g/mol. The Labute approximate surface area is 189 Å². The van der Waals surface area contributed by atoms with Gasteiger partial charge in [0.05, 0.1) is 17.3 Å². The molecule has 0 radical (unpaired) electrons. The monoisotopic (exact) mass is 429 g/mol. The Kier molecular flexibility index (Phi) is 4.56. The molecular weight excluding hydrogens is 398 g/mol. The van der Waals surface area contributed by atoms with Crippen molar-refractivity contribution >= 4 is 5.78 Å². The lowest BCUT2D eigenvalue weighted by Crippen LogP contribution is -2.51. The van der Waals surface area contributed by atoms with Gasteiger partial charge < -0.3 is 5.32 Å². The maximum atomic E-state index is 13.6. The Bertz CT molecular complexity index is 1230. The number of carbonyl (C=O) groups excluding carboxylic acids is 1. The van der Waals surface area contributed by atoms with Crippen molar-refractivity contribution in [2.45, 2.75) is 65.5 Å². The molecule has 5 rings (SSSR count). The van der Waals surface area contributed by atoms with Gasteiger partial charge in [0.15, 0.2) is 11.9 Å². The zero-order valence-corrected chi connectivity index (χ0v) is 19.8. The van der Waals surface area contributed by atoms with E-state index < -0.39 is 5.41 Å². The fourth-order valence-corrected chi connectivity index (χ4v) is 6.02. The average Bonchev–Trinajstić information content (AvgIpc) is 3.29. The molecule has 32 heavy (non-hydrogen) atoms. The summed E-state index contributed by atoms with van der Waals surface area (Å²) < 4.78 is 1.93. The van der Waals surface area contributed by atoms with E-state index >= 15 is 0 Å². The van der Waals surface area contributed by atoms with Crippen LogP contribution in [-0.2, 0) is 17.3 Å². The molecule has 0 fully saturated rings. The van der Waals surface area contributed by atoms with Crippen molar-refractivity contribution in [2.24, 2.45) is 22.7 Å². The third-order valence-electron chi connectivity index (χ3n) is 7.46. The van der Waals surface area contributed by atoms with Gasteiger partial charge in [0.1, 0.15) is 0 Å². The van der Waals surface area contributed by atoms with E-state index in [1.165, 1.54) is 0 Å². The largest absolute Gasteiger partial charge is 0.362 e. The molecule has 1 aromatic heterocycles. The molecule has 2 aliphatic heterocycles. The first-order valence-electron chi connectivity index (χ1n) is 11.4. The number of hydrogen-bond donors (Lipinski definition) is 1. The minimum Gasteiger partial charge on any atom is -0.362 e. The van der Waals surface area contributed by atoms with Crippen molar-refractivity contribution in [2.75, 3.05) is 0 Å². The highest BCUT2D eigenvalue weighted by Gasteiger charge is 2.53. The van der Waals surface area contributed by atoms with Gasteiger partial charge in [-0.05, 0) is 49.3 Å². The Balaban J connectivity index is 1.75. The van der Waals surface area contributed by atoms with Crippen molar-refractivity contribution in [3.63, 3.8) is 0 Å². The fourth-order valence-electron chi connectivity index (χ4n) is 6.02. The highest BCUT2D eigenvalue weighted by atomic mass is 16.1. The first-order valence-corrected chi connectivity index (χ1v) is 11.4. The van der Waals surface area contributed by atoms with E-state index in [-0.39, 0.29) is 17.4 Å². The topological polar surface area (TPSA) is 71.6 Å². The predicted molar refractivity (Wildman–Crippen MR) is 125 cm³/mol. The smallest absolute Gasteiger partial charge is 0.164 e. The van der Waals surface area contributed by atoms with Gasteiger partial charge in [-0.25, -0.2) is 0 Å². The lowest BCUT2D eigenvalue weighted by atomic mass is 9.58. The molecule has 0 saturated carbocycles. The molecular formula is C26H31N5O. The normalized spacial score (nSPS) is 26.0. The van der Waals surface area contributed by atoms with Crippen LogP contribution >= 0.6 is 0 Å². The summed E-state index contributed by atoms with van der Waals surface area (Å²) in [5, 5.41) is 16.9. The van der Waals surface area contributed by atoms with Gasteiger partial charge in [-0.3, -0.25) is 9.48 Å². The number of ketones is 1. The lowest BCUT2D eigenvalue weighted by molar-refractivity contribution is -0.119. The minimum absolute atomic E-state index is 0.0643. The van der Waals surface area contributed by atoms with E-state index in [0.29, 0.717) is 6.42 Å². The summed E-state index contributed by atoms with van der Waals surface area (Å²) in [5.41, 5.74) is 7.99. The van der Waals surface area contributed by atoms with Crippen molar-refractivity contribution in [3.8, 4) is 11.1 Å². The number of hydrogen-bond acceptors (Lipinski definition) is 5. The number of rotatable bonds is 3.